The summed E-state index contributed by atoms with van der Waals surface area (Å²) in [7, 11) is 0. The summed E-state index contributed by atoms with van der Waals surface area (Å²) in [4.78, 5) is 12.3. The molecule has 0 N–H and O–H groups in total. The van der Waals surface area contributed by atoms with Gasteiger partial charge in [-0.25, -0.2) is 0 Å². The number of benzene rings is 1. The van der Waals surface area contributed by atoms with Crippen molar-refractivity contribution in [2.45, 2.75) is 19.3 Å². The van der Waals surface area contributed by atoms with E-state index in [1.54, 1.807) is 0 Å². The van der Waals surface area contributed by atoms with Gasteiger partial charge in [-0.1, -0.05) is 37.3 Å². The molecule has 1 aliphatic rings. The van der Waals surface area contributed by atoms with E-state index in [1.807, 2.05) is 4.90 Å². The monoisotopic (exact) mass is 203 g/mol. The molecule has 1 fully saturated rings. The van der Waals surface area contributed by atoms with Gasteiger partial charge in [0.2, 0.25) is 6.41 Å². The first-order chi connectivity index (χ1) is 7.35. The van der Waals surface area contributed by atoms with Crippen molar-refractivity contribution in [1.29, 1.82) is 0 Å². The van der Waals surface area contributed by atoms with Crippen LogP contribution in [0.3, 0.4) is 0 Å². The maximum atomic E-state index is 10.5. The van der Waals surface area contributed by atoms with Crippen molar-refractivity contribution in [2.24, 2.45) is 5.92 Å². The van der Waals surface area contributed by atoms with Crippen LogP contribution in [0.5, 0.6) is 0 Å². The Morgan fingerprint density at radius 2 is 2.07 bits per heavy atom. The highest BCUT2D eigenvalue weighted by molar-refractivity contribution is 5.49. The topological polar surface area (TPSA) is 20.3 Å². The van der Waals surface area contributed by atoms with E-state index >= 15 is 0 Å². The highest BCUT2D eigenvalue weighted by Gasteiger charge is 2.32. The number of carbonyl (C=O) groups is 1. The van der Waals surface area contributed by atoms with Gasteiger partial charge in [0.1, 0.15) is 0 Å². The SMILES string of the molecule is CCC(c1ccccc1)C1CN(C=O)C1. The van der Waals surface area contributed by atoms with Crippen LogP contribution in [0.2, 0.25) is 0 Å². The predicted molar refractivity (Wildman–Crippen MR) is 60.6 cm³/mol. The fourth-order valence-corrected chi connectivity index (χ4v) is 2.43. The molecular formula is C13H17NO. The highest BCUT2D eigenvalue weighted by atomic mass is 16.1. The number of likely N-dealkylation sites (tertiary alicyclic amines) is 1. The third-order valence-corrected chi connectivity index (χ3v) is 3.32. The maximum Gasteiger partial charge on any atom is 0.209 e. The van der Waals surface area contributed by atoms with Crippen molar-refractivity contribution in [3.05, 3.63) is 35.9 Å². The number of hydrogen-bond acceptors (Lipinski definition) is 1. The second-order valence-electron chi connectivity index (χ2n) is 4.24. The molecule has 0 aliphatic carbocycles. The first-order valence-corrected chi connectivity index (χ1v) is 5.59. The molecule has 1 unspecified atom stereocenters. The van der Waals surface area contributed by atoms with E-state index in [9.17, 15) is 4.79 Å². The number of rotatable bonds is 4. The zero-order valence-electron chi connectivity index (χ0n) is 9.10. The minimum absolute atomic E-state index is 0.613. The van der Waals surface area contributed by atoms with Gasteiger partial charge >= 0.3 is 0 Å². The van der Waals surface area contributed by atoms with Crippen LogP contribution in [0.15, 0.2) is 30.3 Å². The molecule has 0 saturated carbocycles. The van der Waals surface area contributed by atoms with E-state index in [2.05, 4.69) is 37.3 Å². The number of hydrogen-bond donors (Lipinski definition) is 0. The summed E-state index contributed by atoms with van der Waals surface area (Å²) in [5.41, 5.74) is 1.41. The lowest BCUT2D eigenvalue weighted by Gasteiger charge is -2.41. The Bertz CT molecular complexity index is 317. The third-order valence-electron chi connectivity index (χ3n) is 3.32. The van der Waals surface area contributed by atoms with Crippen LogP contribution in [0.1, 0.15) is 24.8 Å². The fraction of sp³-hybridized carbons (Fsp3) is 0.462. The number of amides is 1. The fourth-order valence-electron chi connectivity index (χ4n) is 2.43. The van der Waals surface area contributed by atoms with Gasteiger partial charge in [-0.05, 0) is 17.9 Å². The molecule has 1 atom stereocenters. The summed E-state index contributed by atoms with van der Waals surface area (Å²) in [6.45, 7) is 4.08. The van der Waals surface area contributed by atoms with Crippen LogP contribution >= 0.6 is 0 Å². The largest absolute Gasteiger partial charge is 0.345 e. The molecule has 0 bridgehead atoms. The molecule has 80 valence electrons. The molecule has 1 aromatic carbocycles. The lowest BCUT2D eigenvalue weighted by atomic mass is 9.80. The molecular weight excluding hydrogens is 186 g/mol. The molecule has 1 saturated heterocycles. The van der Waals surface area contributed by atoms with Crippen molar-refractivity contribution in [1.82, 2.24) is 4.90 Å². The Hall–Kier alpha value is -1.31. The summed E-state index contributed by atoms with van der Waals surface area (Å²) < 4.78 is 0. The van der Waals surface area contributed by atoms with Gasteiger partial charge in [0.05, 0.1) is 0 Å². The molecule has 2 rings (SSSR count). The Labute approximate surface area is 90.9 Å². The van der Waals surface area contributed by atoms with Crippen molar-refractivity contribution in [3.63, 3.8) is 0 Å². The van der Waals surface area contributed by atoms with Gasteiger partial charge in [-0.15, -0.1) is 0 Å². The summed E-state index contributed by atoms with van der Waals surface area (Å²) in [5.74, 6) is 1.27. The van der Waals surface area contributed by atoms with Gasteiger partial charge in [0.15, 0.2) is 0 Å². The minimum Gasteiger partial charge on any atom is -0.345 e. The lowest BCUT2D eigenvalue weighted by molar-refractivity contribution is -0.124. The average molecular weight is 203 g/mol. The molecule has 2 nitrogen and oxygen atoms in total. The van der Waals surface area contributed by atoms with E-state index in [0.29, 0.717) is 11.8 Å². The maximum absolute atomic E-state index is 10.5. The minimum atomic E-state index is 0.613. The third kappa shape index (κ3) is 2.04. The first kappa shape index (κ1) is 10.2. The summed E-state index contributed by atoms with van der Waals surface area (Å²) in [6, 6.07) is 10.6. The lowest BCUT2D eigenvalue weighted by Crippen LogP contribution is -2.48. The highest BCUT2D eigenvalue weighted by Crippen LogP contribution is 2.33. The summed E-state index contributed by atoms with van der Waals surface area (Å²) in [5, 5.41) is 0. The molecule has 1 aromatic rings. The van der Waals surface area contributed by atoms with Crippen molar-refractivity contribution in [2.75, 3.05) is 13.1 Å². The van der Waals surface area contributed by atoms with Crippen molar-refractivity contribution >= 4 is 6.41 Å². The van der Waals surface area contributed by atoms with E-state index in [4.69, 9.17) is 0 Å². The second-order valence-corrected chi connectivity index (χ2v) is 4.24. The van der Waals surface area contributed by atoms with Gasteiger partial charge in [-0.3, -0.25) is 4.79 Å². The Morgan fingerprint density at radius 3 is 2.60 bits per heavy atom. The molecule has 0 spiro atoms. The average Bonchev–Trinajstić information content (AvgIpc) is 2.24. The van der Waals surface area contributed by atoms with Crippen molar-refractivity contribution < 1.29 is 4.79 Å². The van der Waals surface area contributed by atoms with Gasteiger partial charge in [-0.2, -0.15) is 0 Å². The predicted octanol–water partition coefficient (Wildman–Crippen LogP) is 2.27. The molecule has 1 amide bonds. The quantitative estimate of drug-likeness (QED) is 0.687. The van der Waals surface area contributed by atoms with E-state index in [-0.39, 0.29) is 0 Å². The van der Waals surface area contributed by atoms with Crippen LogP contribution < -0.4 is 0 Å². The molecule has 0 radical (unpaired) electrons. The summed E-state index contributed by atoms with van der Waals surface area (Å²) in [6.07, 6.45) is 2.11. The summed E-state index contributed by atoms with van der Waals surface area (Å²) >= 11 is 0. The zero-order valence-corrected chi connectivity index (χ0v) is 9.10. The number of carbonyl (C=O) groups excluding carboxylic acids is 1. The van der Waals surface area contributed by atoms with E-state index in [1.165, 1.54) is 5.56 Å². The normalized spacial score (nSPS) is 18.3. The van der Waals surface area contributed by atoms with Crippen LogP contribution in [0.4, 0.5) is 0 Å². The Morgan fingerprint density at radius 1 is 1.40 bits per heavy atom. The van der Waals surface area contributed by atoms with Crippen molar-refractivity contribution in [3.8, 4) is 0 Å². The van der Waals surface area contributed by atoms with Gasteiger partial charge in [0, 0.05) is 19.0 Å². The van der Waals surface area contributed by atoms with E-state index < -0.39 is 0 Å². The van der Waals surface area contributed by atoms with Crippen LogP contribution in [-0.4, -0.2) is 24.4 Å². The Balaban J connectivity index is 2.03. The second kappa shape index (κ2) is 4.47. The zero-order chi connectivity index (χ0) is 10.7. The Kier molecular flexibility index (Phi) is 3.05. The molecule has 15 heavy (non-hydrogen) atoms. The standard InChI is InChI=1S/C13H17NO/c1-2-13(11-6-4-3-5-7-11)12-8-14(9-12)10-15/h3-7,10,12-13H,2,8-9H2,1H3. The van der Waals surface area contributed by atoms with Gasteiger partial charge in [0.25, 0.3) is 0 Å². The van der Waals surface area contributed by atoms with Crippen LogP contribution in [0, 0.1) is 5.92 Å². The first-order valence-electron chi connectivity index (χ1n) is 5.59. The molecule has 2 heteroatoms. The molecule has 1 heterocycles. The smallest absolute Gasteiger partial charge is 0.209 e. The number of nitrogens with zero attached hydrogens (tertiary/aromatic N) is 1. The van der Waals surface area contributed by atoms with Gasteiger partial charge < -0.3 is 4.90 Å². The van der Waals surface area contributed by atoms with E-state index in [0.717, 1.165) is 25.9 Å². The molecule has 1 aliphatic heterocycles. The van der Waals surface area contributed by atoms with Crippen LogP contribution in [0.25, 0.3) is 0 Å². The van der Waals surface area contributed by atoms with Crippen LogP contribution in [-0.2, 0) is 4.79 Å². The molecule has 0 aromatic heterocycles.